The van der Waals surface area contributed by atoms with E-state index in [1.165, 1.54) is 23.2 Å². The van der Waals surface area contributed by atoms with E-state index in [0.717, 1.165) is 37.8 Å². The standard InChI is InChI=1S/C13H15NO/c15-13-5-1-3-9-7-10-4-2-6-14-12(10)8-11(9)13/h7-8,14H,1-6H2. The molecule has 3 rings (SSSR count). The Kier molecular flexibility index (Phi) is 2.01. The van der Waals surface area contributed by atoms with Crippen LogP contribution in [0.3, 0.4) is 0 Å². The van der Waals surface area contributed by atoms with Crippen molar-refractivity contribution in [3.8, 4) is 0 Å². The maximum Gasteiger partial charge on any atom is 0.163 e. The van der Waals surface area contributed by atoms with E-state index in [1.807, 2.05) is 0 Å². The molecule has 0 amide bonds. The van der Waals surface area contributed by atoms with E-state index in [-0.39, 0.29) is 0 Å². The first-order chi connectivity index (χ1) is 7.34. The fourth-order valence-corrected chi connectivity index (χ4v) is 2.61. The molecule has 0 radical (unpaired) electrons. The summed E-state index contributed by atoms with van der Waals surface area (Å²) in [5.74, 6) is 0.325. The van der Waals surface area contributed by atoms with Crippen LogP contribution in [-0.4, -0.2) is 12.3 Å². The normalized spacial score (nSPS) is 19.1. The Labute approximate surface area is 89.7 Å². The van der Waals surface area contributed by atoms with Gasteiger partial charge in [-0.3, -0.25) is 4.79 Å². The number of fused-ring (bicyclic) bond motifs is 2. The van der Waals surface area contributed by atoms with E-state index < -0.39 is 0 Å². The van der Waals surface area contributed by atoms with Crippen LogP contribution in [0.4, 0.5) is 5.69 Å². The lowest BCUT2D eigenvalue weighted by molar-refractivity contribution is 0.0972. The molecule has 0 atom stereocenters. The molecular weight excluding hydrogens is 186 g/mol. The molecule has 2 aliphatic rings. The van der Waals surface area contributed by atoms with Crippen molar-refractivity contribution < 1.29 is 4.79 Å². The van der Waals surface area contributed by atoms with Gasteiger partial charge in [0.15, 0.2) is 5.78 Å². The summed E-state index contributed by atoms with van der Waals surface area (Å²) < 4.78 is 0. The van der Waals surface area contributed by atoms with Gasteiger partial charge in [0.1, 0.15) is 0 Å². The number of carbonyl (C=O) groups is 1. The second kappa shape index (κ2) is 3.37. The van der Waals surface area contributed by atoms with Crippen molar-refractivity contribution in [2.24, 2.45) is 0 Å². The van der Waals surface area contributed by atoms with Gasteiger partial charge in [-0.15, -0.1) is 0 Å². The van der Waals surface area contributed by atoms with Gasteiger partial charge in [-0.2, -0.15) is 0 Å². The molecule has 0 aromatic heterocycles. The predicted molar refractivity (Wildman–Crippen MR) is 60.5 cm³/mol. The third-order valence-corrected chi connectivity index (χ3v) is 3.42. The Morgan fingerprint density at radius 3 is 2.80 bits per heavy atom. The van der Waals surface area contributed by atoms with Crippen LogP contribution in [0.2, 0.25) is 0 Å². The van der Waals surface area contributed by atoms with Gasteiger partial charge >= 0.3 is 0 Å². The quantitative estimate of drug-likeness (QED) is 0.699. The Balaban J connectivity index is 2.12. The summed E-state index contributed by atoms with van der Waals surface area (Å²) in [4.78, 5) is 11.7. The summed E-state index contributed by atoms with van der Waals surface area (Å²) in [5, 5.41) is 3.38. The number of ketones is 1. The number of Topliss-reactive ketones (excluding diaryl/α,β-unsaturated/α-hetero) is 1. The molecule has 1 N–H and O–H groups in total. The highest BCUT2D eigenvalue weighted by molar-refractivity contribution is 5.99. The molecule has 2 heteroatoms. The van der Waals surface area contributed by atoms with Gasteiger partial charge in [-0.05, 0) is 42.9 Å². The van der Waals surface area contributed by atoms with Gasteiger partial charge in [0.2, 0.25) is 0 Å². The molecule has 78 valence electrons. The average Bonchev–Trinajstić information content (AvgIpc) is 2.27. The zero-order valence-electron chi connectivity index (χ0n) is 8.81. The monoisotopic (exact) mass is 201 g/mol. The van der Waals surface area contributed by atoms with Crippen molar-refractivity contribution in [3.05, 3.63) is 28.8 Å². The van der Waals surface area contributed by atoms with E-state index in [2.05, 4.69) is 17.4 Å². The smallest absolute Gasteiger partial charge is 0.163 e. The van der Waals surface area contributed by atoms with E-state index >= 15 is 0 Å². The molecular formula is C13H15NO. The van der Waals surface area contributed by atoms with Gasteiger partial charge in [0.05, 0.1) is 0 Å². The number of nitrogens with one attached hydrogen (secondary N) is 1. The second-order valence-electron chi connectivity index (χ2n) is 4.47. The second-order valence-corrected chi connectivity index (χ2v) is 4.47. The maximum absolute atomic E-state index is 11.7. The van der Waals surface area contributed by atoms with Gasteiger partial charge < -0.3 is 5.32 Å². The highest BCUT2D eigenvalue weighted by Gasteiger charge is 2.20. The molecule has 1 aromatic carbocycles. The maximum atomic E-state index is 11.7. The van der Waals surface area contributed by atoms with Crippen molar-refractivity contribution in [1.29, 1.82) is 0 Å². The molecule has 1 aliphatic heterocycles. The summed E-state index contributed by atoms with van der Waals surface area (Å²) >= 11 is 0. The van der Waals surface area contributed by atoms with E-state index in [0.29, 0.717) is 5.78 Å². The number of rotatable bonds is 0. The Bertz CT molecular complexity index is 423. The van der Waals surface area contributed by atoms with Crippen LogP contribution < -0.4 is 5.32 Å². The molecule has 15 heavy (non-hydrogen) atoms. The summed E-state index contributed by atoms with van der Waals surface area (Å²) in [5.41, 5.74) is 4.83. The number of benzene rings is 1. The lowest BCUT2D eigenvalue weighted by Gasteiger charge is -2.22. The summed E-state index contributed by atoms with van der Waals surface area (Å²) in [7, 11) is 0. The summed E-state index contributed by atoms with van der Waals surface area (Å²) in [6, 6.07) is 4.32. The van der Waals surface area contributed by atoms with Crippen LogP contribution in [0.1, 0.15) is 40.7 Å². The molecule has 0 unspecified atom stereocenters. The van der Waals surface area contributed by atoms with Crippen molar-refractivity contribution in [1.82, 2.24) is 0 Å². The molecule has 0 fully saturated rings. The van der Waals surface area contributed by atoms with Crippen LogP contribution >= 0.6 is 0 Å². The molecule has 2 nitrogen and oxygen atoms in total. The number of hydrogen-bond donors (Lipinski definition) is 1. The third-order valence-electron chi connectivity index (χ3n) is 3.42. The fourth-order valence-electron chi connectivity index (χ4n) is 2.61. The average molecular weight is 201 g/mol. The van der Waals surface area contributed by atoms with Crippen molar-refractivity contribution in [2.75, 3.05) is 11.9 Å². The first-order valence-corrected chi connectivity index (χ1v) is 5.77. The minimum Gasteiger partial charge on any atom is -0.385 e. The zero-order valence-corrected chi connectivity index (χ0v) is 8.81. The van der Waals surface area contributed by atoms with E-state index in [1.54, 1.807) is 0 Å². The van der Waals surface area contributed by atoms with Crippen LogP contribution in [-0.2, 0) is 12.8 Å². The topological polar surface area (TPSA) is 29.1 Å². The van der Waals surface area contributed by atoms with Gasteiger partial charge in [-0.25, -0.2) is 0 Å². The van der Waals surface area contributed by atoms with Crippen molar-refractivity contribution >= 4 is 11.5 Å². The van der Waals surface area contributed by atoms with Gasteiger partial charge in [0, 0.05) is 24.2 Å². The lowest BCUT2D eigenvalue weighted by atomic mass is 9.87. The van der Waals surface area contributed by atoms with Gasteiger partial charge in [-0.1, -0.05) is 6.07 Å². The lowest BCUT2D eigenvalue weighted by Crippen LogP contribution is -2.16. The molecule has 1 aromatic rings. The van der Waals surface area contributed by atoms with Gasteiger partial charge in [0.25, 0.3) is 0 Å². The number of anilines is 1. The largest absolute Gasteiger partial charge is 0.385 e. The Hall–Kier alpha value is -1.31. The first-order valence-electron chi connectivity index (χ1n) is 5.77. The Morgan fingerprint density at radius 2 is 1.87 bits per heavy atom. The summed E-state index contributed by atoms with van der Waals surface area (Å²) in [6.07, 6.45) is 5.20. The van der Waals surface area contributed by atoms with E-state index in [9.17, 15) is 4.79 Å². The molecule has 1 aliphatic carbocycles. The van der Waals surface area contributed by atoms with Crippen molar-refractivity contribution in [2.45, 2.75) is 32.1 Å². The van der Waals surface area contributed by atoms with Crippen LogP contribution in [0.5, 0.6) is 0 Å². The number of aryl methyl sites for hydroxylation is 2. The van der Waals surface area contributed by atoms with Crippen LogP contribution in [0.25, 0.3) is 0 Å². The highest BCUT2D eigenvalue weighted by atomic mass is 16.1. The third kappa shape index (κ3) is 1.44. The number of carbonyl (C=O) groups excluding carboxylic acids is 1. The molecule has 1 heterocycles. The SMILES string of the molecule is O=C1CCCc2cc3c(cc21)NCCC3. The zero-order chi connectivity index (χ0) is 10.3. The molecule has 0 saturated carbocycles. The number of hydrogen-bond acceptors (Lipinski definition) is 2. The molecule has 0 spiro atoms. The van der Waals surface area contributed by atoms with Crippen LogP contribution in [0, 0.1) is 0 Å². The Morgan fingerprint density at radius 1 is 1.00 bits per heavy atom. The van der Waals surface area contributed by atoms with Crippen LogP contribution in [0.15, 0.2) is 12.1 Å². The minimum atomic E-state index is 0.325. The predicted octanol–water partition coefficient (Wildman–Crippen LogP) is 2.56. The highest BCUT2D eigenvalue weighted by Crippen LogP contribution is 2.30. The van der Waals surface area contributed by atoms with Crippen molar-refractivity contribution in [3.63, 3.8) is 0 Å². The first kappa shape index (κ1) is 8.96. The molecule has 0 bridgehead atoms. The minimum absolute atomic E-state index is 0.325. The summed E-state index contributed by atoms with van der Waals surface area (Å²) in [6.45, 7) is 1.04. The van der Waals surface area contributed by atoms with E-state index in [4.69, 9.17) is 0 Å². The molecule has 0 saturated heterocycles. The fraction of sp³-hybridized carbons (Fsp3) is 0.462.